The molecule has 19 heavy (non-hydrogen) atoms. The number of hydrogen-bond donors (Lipinski definition) is 0. The summed E-state index contributed by atoms with van der Waals surface area (Å²) in [4.78, 5) is 9.89. The summed E-state index contributed by atoms with van der Waals surface area (Å²) in [6, 6.07) is 10.6. The van der Waals surface area contributed by atoms with E-state index in [0.29, 0.717) is 13.1 Å². The van der Waals surface area contributed by atoms with Crippen molar-refractivity contribution < 1.29 is 14.3 Å². The van der Waals surface area contributed by atoms with Crippen molar-refractivity contribution >= 4 is 6.47 Å². The quantitative estimate of drug-likeness (QED) is 0.429. The Bertz CT molecular complexity index is 311. The smallest absolute Gasteiger partial charge is 0.293 e. The molecule has 106 valence electrons. The number of rotatable bonds is 12. The molecule has 1 aromatic carbocycles. The number of carbonyl (C=O) groups is 1. The summed E-state index contributed by atoms with van der Waals surface area (Å²) in [5, 5.41) is 0. The normalized spacial score (nSPS) is 10.3. The molecule has 0 aliphatic carbocycles. The Morgan fingerprint density at radius 1 is 0.842 bits per heavy atom. The third-order valence-corrected chi connectivity index (χ3v) is 2.97. The van der Waals surface area contributed by atoms with Gasteiger partial charge in [0.15, 0.2) is 0 Å². The number of ether oxygens (including phenoxy) is 2. The Labute approximate surface area is 115 Å². The summed E-state index contributed by atoms with van der Waals surface area (Å²) in [5.41, 5.74) is 1.42. The standard InChI is InChI=1S/C16H24O3/c17-15-19-14-8-7-13-18-12-6-2-5-11-16-9-3-1-4-10-16/h1,3-4,9-10,15H,2,5-8,11-14H2. The molecule has 0 saturated heterocycles. The Hall–Kier alpha value is -1.35. The minimum Gasteiger partial charge on any atom is -0.468 e. The maximum absolute atomic E-state index is 9.89. The van der Waals surface area contributed by atoms with Crippen LogP contribution in [0.15, 0.2) is 30.3 Å². The first-order valence-corrected chi connectivity index (χ1v) is 7.10. The third kappa shape index (κ3) is 9.25. The Morgan fingerprint density at radius 3 is 2.26 bits per heavy atom. The largest absolute Gasteiger partial charge is 0.468 e. The maximum atomic E-state index is 9.89. The molecular weight excluding hydrogens is 240 g/mol. The maximum Gasteiger partial charge on any atom is 0.293 e. The van der Waals surface area contributed by atoms with E-state index in [1.165, 1.54) is 18.4 Å². The van der Waals surface area contributed by atoms with Crippen molar-refractivity contribution in [3.05, 3.63) is 35.9 Å². The van der Waals surface area contributed by atoms with Crippen molar-refractivity contribution in [2.75, 3.05) is 19.8 Å². The van der Waals surface area contributed by atoms with Gasteiger partial charge in [-0.3, -0.25) is 4.79 Å². The van der Waals surface area contributed by atoms with Gasteiger partial charge in [0.05, 0.1) is 6.61 Å². The van der Waals surface area contributed by atoms with Crippen LogP contribution in [0.2, 0.25) is 0 Å². The van der Waals surface area contributed by atoms with Crippen LogP contribution in [0.5, 0.6) is 0 Å². The lowest BCUT2D eigenvalue weighted by molar-refractivity contribution is -0.128. The number of carbonyl (C=O) groups excluding carboxylic acids is 1. The highest BCUT2D eigenvalue weighted by Gasteiger charge is 1.94. The summed E-state index contributed by atoms with van der Waals surface area (Å²) in [5.74, 6) is 0. The molecule has 0 bridgehead atoms. The number of unbranched alkanes of at least 4 members (excludes halogenated alkanes) is 3. The second-order valence-corrected chi connectivity index (χ2v) is 4.58. The van der Waals surface area contributed by atoms with Crippen LogP contribution in [0.3, 0.4) is 0 Å². The first kappa shape index (κ1) is 15.7. The van der Waals surface area contributed by atoms with Crippen LogP contribution in [-0.4, -0.2) is 26.3 Å². The van der Waals surface area contributed by atoms with Gasteiger partial charge in [0.1, 0.15) is 0 Å². The van der Waals surface area contributed by atoms with E-state index >= 15 is 0 Å². The van der Waals surface area contributed by atoms with Gasteiger partial charge in [0.25, 0.3) is 6.47 Å². The van der Waals surface area contributed by atoms with Crippen LogP contribution in [0, 0.1) is 0 Å². The lowest BCUT2D eigenvalue weighted by Crippen LogP contribution is -2.00. The van der Waals surface area contributed by atoms with Crippen LogP contribution < -0.4 is 0 Å². The average Bonchev–Trinajstić information content (AvgIpc) is 2.46. The molecule has 0 heterocycles. The lowest BCUT2D eigenvalue weighted by Gasteiger charge is -2.04. The van der Waals surface area contributed by atoms with Gasteiger partial charge in [-0.25, -0.2) is 0 Å². The van der Waals surface area contributed by atoms with Gasteiger partial charge in [0.2, 0.25) is 0 Å². The van der Waals surface area contributed by atoms with E-state index in [0.717, 1.165) is 38.9 Å². The molecule has 0 spiro atoms. The molecule has 0 aromatic heterocycles. The molecular formula is C16H24O3. The number of benzene rings is 1. The second-order valence-electron chi connectivity index (χ2n) is 4.58. The monoisotopic (exact) mass is 264 g/mol. The highest BCUT2D eigenvalue weighted by molar-refractivity contribution is 5.36. The van der Waals surface area contributed by atoms with Crippen LogP contribution >= 0.6 is 0 Å². The zero-order valence-electron chi connectivity index (χ0n) is 11.6. The van der Waals surface area contributed by atoms with Crippen molar-refractivity contribution in [2.45, 2.75) is 38.5 Å². The Balaban J connectivity index is 1.80. The molecule has 0 fully saturated rings. The van der Waals surface area contributed by atoms with Crippen molar-refractivity contribution in [2.24, 2.45) is 0 Å². The minimum absolute atomic E-state index is 0.494. The average molecular weight is 264 g/mol. The van der Waals surface area contributed by atoms with Crippen LogP contribution in [0.4, 0.5) is 0 Å². The minimum atomic E-state index is 0.494. The topological polar surface area (TPSA) is 35.5 Å². The van der Waals surface area contributed by atoms with E-state index in [1.807, 2.05) is 0 Å². The van der Waals surface area contributed by atoms with E-state index in [4.69, 9.17) is 4.74 Å². The van der Waals surface area contributed by atoms with Crippen molar-refractivity contribution in [1.29, 1.82) is 0 Å². The van der Waals surface area contributed by atoms with Gasteiger partial charge < -0.3 is 9.47 Å². The second kappa shape index (κ2) is 11.7. The zero-order chi connectivity index (χ0) is 13.6. The molecule has 0 N–H and O–H groups in total. The highest BCUT2D eigenvalue weighted by Crippen LogP contribution is 2.06. The summed E-state index contributed by atoms with van der Waals surface area (Å²) >= 11 is 0. The lowest BCUT2D eigenvalue weighted by atomic mass is 10.1. The molecule has 0 aliphatic heterocycles. The molecule has 0 unspecified atom stereocenters. The van der Waals surface area contributed by atoms with Crippen molar-refractivity contribution in [1.82, 2.24) is 0 Å². The highest BCUT2D eigenvalue weighted by atomic mass is 16.5. The van der Waals surface area contributed by atoms with E-state index in [2.05, 4.69) is 35.1 Å². The predicted octanol–water partition coefficient (Wildman–Crippen LogP) is 3.37. The molecule has 1 aromatic rings. The van der Waals surface area contributed by atoms with Crippen LogP contribution in [-0.2, 0) is 20.7 Å². The van der Waals surface area contributed by atoms with E-state index in [-0.39, 0.29) is 0 Å². The van der Waals surface area contributed by atoms with E-state index in [9.17, 15) is 4.79 Å². The summed E-state index contributed by atoms with van der Waals surface area (Å²) in [7, 11) is 0. The fourth-order valence-electron chi connectivity index (χ4n) is 1.89. The van der Waals surface area contributed by atoms with Crippen molar-refractivity contribution in [3.8, 4) is 0 Å². The summed E-state index contributed by atoms with van der Waals surface area (Å²) in [6.45, 7) is 2.60. The Morgan fingerprint density at radius 2 is 1.53 bits per heavy atom. The molecule has 0 amide bonds. The SMILES string of the molecule is O=COCCCCOCCCCCc1ccccc1. The molecule has 1 rings (SSSR count). The van der Waals surface area contributed by atoms with Crippen LogP contribution in [0.25, 0.3) is 0 Å². The number of aryl methyl sites for hydroxylation is 1. The molecule has 0 saturated carbocycles. The molecule has 3 nitrogen and oxygen atoms in total. The van der Waals surface area contributed by atoms with E-state index in [1.54, 1.807) is 0 Å². The fraction of sp³-hybridized carbons (Fsp3) is 0.562. The fourth-order valence-corrected chi connectivity index (χ4v) is 1.89. The zero-order valence-corrected chi connectivity index (χ0v) is 11.6. The summed E-state index contributed by atoms with van der Waals surface area (Å²) in [6.07, 6.45) is 6.55. The molecule has 0 radical (unpaired) electrons. The predicted molar refractivity (Wildman–Crippen MR) is 76.1 cm³/mol. The van der Waals surface area contributed by atoms with Crippen LogP contribution in [0.1, 0.15) is 37.7 Å². The van der Waals surface area contributed by atoms with Gasteiger partial charge in [0, 0.05) is 13.2 Å². The first-order chi connectivity index (χ1) is 9.43. The molecule has 0 aliphatic rings. The Kier molecular flexibility index (Phi) is 9.69. The van der Waals surface area contributed by atoms with Crippen molar-refractivity contribution in [3.63, 3.8) is 0 Å². The van der Waals surface area contributed by atoms with Gasteiger partial charge >= 0.3 is 0 Å². The van der Waals surface area contributed by atoms with Gasteiger partial charge in [-0.15, -0.1) is 0 Å². The van der Waals surface area contributed by atoms with Gasteiger partial charge in [-0.1, -0.05) is 36.8 Å². The third-order valence-electron chi connectivity index (χ3n) is 2.97. The molecule has 0 atom stereocenters. The first-order valence-electron chi connectivity index (χ1n) is 7.10. The number of hydrogen-bond acceptors (Lipinski definition) is 3. The summed E-state index contributed by atoms with van der Waals surface area (Å²) < 4.78 is 10.1. The molecule has 3 heteroatoms. The van der Waals surface area contributed by atoms with E-state index < -0.39 is 0 Å². The van der Waals surface area contributed by atoms with Gasteiger partial charge in [-0.2, -0.15) is 0 Å². The van der Waals surface area contributed by atoms with Gasteiger partial charge in [-0.05, 0) is 37.7 Å².